The van der Waals surface area contributed by atoms with Gasteiger partial charge in [0.1, 0.15) is 0 Å². The Balaban J connectivity index is 2.52. The molecule has 0 bridgehead atoms. The van der Waals surface area contributed by atoms with Gasteiger partial charge in [-0.15, -0.1) is 0 Å². The third-order valence-corrected chi connectivity index (χ3v) is 3.52. The van der Waals surface area contributed by atoms with Crippen molar-refractivity contribution in [3.8, 4) is 5.75 Å². The molecule has 6 nitrogen and oxygen atoms in total. The number of rotatable bonds is 5. The number of ether oxygens (including phenoxy) is 2. The normalized spacial score (nSPS) is 13.0. The average Bonchev–Trinajstić information content (AvgIpc) is 2.56. The topological polar surface area (TPSA) is 78.7 Å². The van der Waals surface area contributed by atoms with E-state index in [1.54, 1.807) is 43.3 Å². The van der Waals surface area contributed by atoms with Crippen LogP contribution in [0.15, 0.2) is 48.5 Å². The van der Waals surface area contributed by atoms with E-state index in [1.807, 2.05) is 0 Å². The highest BCUT2D eigenvalue weighted by molar-refractivity contribution is 5.81. The zero-order valence-electron chi connectivity index (χ0n) is 13.1. The summed E-state index contributed by atoms with van der Waals surface area (Å²) in [4.78, 5) is 23.0. The fraction of sp³-hybridized carbons (Fsp3) is 0.235. The first kappa shape index (κ1) is 16.5. The van der Waals surface area contributed by atoms with Crippen LogP contribution in [-0.4, -0.2) is 18.0 Å². The summed E-state index contributed by atoms with van der Waals surface area (Å²) >= 11 is 0. The zero-order valence-corrected chi connectivity index (χ0v) is 13.1. The highest BCUT2D eigenvalue weighted by Gasteiger charge is 2.40. The van der Waals surface area contributed by atoms with E-state index < -0.39 is 16.5 Å². The van der Waals surface area contributed by atoms with Crippen molar-refractivity contribution < 1.29 is 19.2 Å². The third kappa shape index (κ3) is 3.31. The van der Waals surface area contributed by atoms with Crippen LogP contribution in [0.5, 0.6) is 5.75 Å². The molecule has 1 atom stereocenters. The SMILES string of the molecule is COC(=O)C(C)(Oc1ccc(C)cc1[N+](=O)[O-])c1ccccc1. The lowest BCUT2D eigenvalue weighted by Crippen LogP contribution is -2.39. The predicted octanol–water partition coefficient (Wildman–Crippen LogP) is 3.37. The molecule has 120 valence electrons. The zero-order chi connectivity index (χ0) is 17.0. The van der Waals surface area contributed by atoms with E-state index in [0.29, 0.717) is 5.56 Å². The molecule has 0 aromatic heterocycles. The first-order valence-corrected chi connectivity index (χ1v) is 6.96. The number of nitrogens with zero attached hydrogens (tertiary/aromatic N) is 1. The fourth-order valence-corrected chi connectivity index (χ4v) is 2.25. The molecule has 0 fully saturated rings. The minimum absolute atomic E-state index is 0.0114. The fourth-order valence-electron chi connectivity index (χ4n) is 2.25. The molecule has 0 aliphatic carbocycles. The first-order valence-electron chi connectivity index (χ1n) is 6.96. The lowest BCUT2D eigenvalue weighted by molar-refractivity contribution is -0.386. The summed E-state index contributed by atoms with van der Waals surface area (Å²) in [6.07, 6.45) is 0. The molecular formula is C17H17NO5. The van der Waals surface area contributed by atoms with Crippen molar-refractivity contribution in [3.05, 3.63) is 69.8 Å². The second kappa shape index (κ2) is 6.48. The van der Waals surface area contributed by atoms with Gasteiger partial charge in [0.25, 0.3) is 0 Å². The van der Waals surface area contributed by atoms with Gasteiger partial charge < -0.3 is 9.47 Å². The minimum atomic E-state index is -1.49. The van der Waals surface area contributed by atoms with Crippen LogP contribution in [0.25, 0.3) is 0 Å². The van der Waals surface area contributed by atoms with E-state index in [-0.39, 0.29) is 11.4 Å². The van der Waals surface area contributed by atoms with Crippen LogP contribution in [0.4, 0.5) is 5.69 Å². The molecule has 2 rings (SSSR count). The number of esters is 1. The summed E-state index contributed by atoms with van der Waals surface area (Å²) in [5, 5.41) is 11.2. The molecule has 0 amide bonds. The molecule has 0 N–H and O–H groups in total. The summed E-state index contributed by atoms with van der Waals surface area (Å²) in [5.74, 6) is -0.629. The van der Waals surface area contributed by atoms with Crippen LogP contribution in [0.1, 0.15) is 18.1 Å². The summed E-state index contributed by atoms with van der Waals surface area (Å²) < 4.78 is 10.6. The molecule has 1 unspecified atom stereocenters. The molecule has 0 spiro atoms. The van der Waals surface area contributed by atoms with Gasteiger partial charge in [0.05, 0.1) is 12.0 Å². The van der Waals surface area contributed by atoms with Crippen LogP contribution >= 0.6 is 0 Å². The van der Waals surface area contributed by atoms with E-state index in [0.717, 1.165) is 5.56 Å². The second-order valence-electron chi connectivity index (χ2n) is 5.22. The average molecular weight is 315 g/mol. The van der Waals surface area contributed by atoms with Gasteiger partial charge in [-0.25, -0.2) is 4.79 Å². The van der Waals surface area contributed by atoms with Gasteiger partial charge in [0.15, 0.2) is 5.75 Å². The van der Waals surface area contributed by atoms with Gasteiger partial charge >= 0.3 is 11.7 Å². The van der Waals surface area contributed by atoms with Crippen LogP contribution in [0.2, 0.25) is 0 Å². The molecule has 2 aromatic carbocycles. The molecule has 0 heterocycles. The lowest BCUT2D eigenvalue weighted by atomic mass is 9.95. The van der Waals surface area contributed by atoms with Gasteiger partial charge in [-0.05, 0) is 25.5 Å². The Hall–Kier alpha value is -2.89. The number of hydrogen-bond donors (Lipinski definition) is 0. The Labute approximate surface area is 133 Å². The van der Waals surface area contributed by atoms with Crippen LogP contribution < -0.4 is 4.74 Å². The molecular weight excluding hydrogens is 298 g/mol. The molecule has 0 saturated carbocycles. The maximum atomic E-state index is 12.3. The number of carbonyl (C=O) groups excluding carboxylic acids is 1. The molecule has 2 aromatic rings. The van der Waals surface area contributed by atoms with E-state index >= 15 is 0 Å². The van der Waals surface area contributed by atoms with Crippen molar-refractivity contribution in [3.63, 3.8) is 0 Å². The first-order chi connectivity index (χ1) is 10.9. The standard InChI is InChI=1S/C17H17NO5/c1-12-9-10-15(14(11-12)18(20)21)23-17(2,16(19)22-3)13-7-5-4-6-8-13/h4-11H,1-3H3. The largest absolute Gasteiger partial charge is 0.466 e. The van der Waals surface area contributed by atoms with Gasteiger partial charge in [-0.3, -0.25) is 10.1 Å². The van der Waals surface area contributed by atoms with Crippen molar-refractivity contribution >= 4 is 11.7 Å². The Morgan fingerprint density at radius 3 is 2.39 bits per heavy atom. The Bertz CT molecular complexity index is 729. The van der Waals surface area contributed by atoms with Crippen molar-refractivity contribution in [2.75, 3.05) is 7.11 Å². The number of aryl methyl sites for hydroxylation is 1. The summed E-state index contributed by atoms with van der Waals surface area (Å²) in [5.41, 5.74) is -0.419. The van der Waals surface area contributed by atoms with Gasteiger partial charge in [-0.1, -0.05) is 36.4 Å². The van der Waals surface area contributed by atoms with E-state index in [9.17, 15) is 14.9 Å². The third-order valence-electron chi connectivity index (χ3n) is 3.52. The predicted molar refractivity (Wildman–Crippen MR) is 84.3 cm³/mol. The Morgan fingerprint density at radius 2 is 1.83 bits per heavy atom. The monoisotopic (exact) mass is 315 g/mol. The number of nitro groups is 1. The summed E-state index contributed by atoms with van der Waals surface area (Å²) in [6, 6.07) is 13.3. The molecule has 0 aliphatic heterocycles. The van der Waals surface area contributed by atoms with Gasteiger partial charge in [0.2, 0.25) is 5.60 Å². The van der Waals surface area contributed by atoms with Crippen molar-refractivity contribution in [1.29, 1.82) is 0 Å². The maximum absolute atomic E-state index is 12.3. The Kier molecular flexibility index (Phi) is 4.64. The van der Waals surface area contributed by atoms with Crippen LogP contribution in [0.3, 0.4) is 0 Å². The number of benzene rings is 2. The smallest absolute Gasteiger partial charge is 0.354 e. The molecule has 6 heteroatoms. The number of methoxy groups -OCH3 is 1. The minimum Gasteiger partial charge on any atom is -0.466 e. The van der Waals surface area contributed by atoms with E-state index in [2.05, 4.69) is 0 Å². The molecule has 0 saturated heterocycles. The number of hydrogen-bond acceptors (Lipinski definition) is 5. The van der Waals surface area contributed by atoms with Crippen molar-refractivity contribution in [2.24, 2.45) is 0 Å². The lowest BCUT2D eigenvalue weighted by Gasteiger charge is -2.28. The molecule has 0 aliphatic rings. The maximum Gasteiger partial charge on any atom is 0.354 e. The van der Waals surface area contributed by atoms with Crippen molar-refractivity contribution in [2.45, 2.75) is 19.4 Å². The molecule has 23 heavy (non-hydrogen) atoms. The van der Waals surface area contributed by atoms with Crippen LogP contribution in [0, 0.1) is 17.0 Å². The van der Waals surface area contributed by atoms with Gasteiger partial charge in [0, 0.05) is 11.6 Å². The number of nitro benzene ring substituents is 1. The van der Waals surface area contributed by atoms with E-state index in [4.69, 9.17) is 9.47 Å². The van der Waals surface area contributed by atoms with Crippen molar-refractivity contribution in [1.82, 2.24) is 0 Å². The highest BCUT2D eigenvalue weighted by Crippen LogP contribution is 2.35. The second-order valence-corrected chi connectivity index (χ2v) is 5.22. The molecule has 0 radical (unpaired) electrons. The van der Waals surface area contributed by atoms with E-state index in [1.165, 1.54) is 26.2 Å². The number of carbonyl (C=O) groups is 1. The summed E-state index contributed by atoms with van der Waals surface area (Å²) in [7, 11) is 1.25. The quantitative estimate of drug-likeness (QED) is 0.480. The van der Waals surface area contributed by atoms with Gasteiger partial charge in [-0.2, -0.15) is 0 Å². The Morgan fingerprint density at radius 1 is 1.17 bits per heavy atom. The van der Waals surface area contributed by atoms with Crippen LogP contribution in [-0.2, 0) is 15.1 Å². The highest BCUT2D eigenvalue weighted by atomic mass is 16.6. The summed E-state index contributed by atoms with van der Waals surface area (Å²) in [6.45, 7) is 3.27.